The predicted octanol–water partition coefficient (Wildman–Crippen LogP) is 3.51. The van der Waals surface area contributed by atoms with Gasteiger partial charge in [-0.25, -0.2) is 4.79 Å². The SMILES string of the molecule is CCC(CS(=O)(=O)F)N(C(=O)OC(C)(C)C)c1ccccc1. The van der Waals surface area contributed by atoms with Crippen molar-refractivity contribution in [3.8, 4) is 0 Å². The quantitative estimate of drug-likeness (QED) is 0.775. The first-order valence-electron chi connectivity index (χ1n) is 7.03. The Kier molecular flexibility index (Phi) is 5.93. The van der Waals surface area contributed by atoms with Crippen LogP contribution in [0.4, 0.5) is 14.4 Å². The van der Waals surface area contributed by atoms with Crippen LogP contribution in [-0.2, 0) is 15.0 Å². The summed E-state index contributed by atoms with van der Waals surface area (Å²) in [5, 5.41) is 0. The summed E-state index contributed by atoms with van der Waals surface area (Å²) in [4.78, 5) is 13.6. The van der Waals surface area contributed by atoms with Gasteiger partial charge in [0.25, 0.3) is 0 Å². The first-order valence-corrected chi connectivity index (χ1v) is 8.58. The molecule has 0 aliphatic heterocycles. The number of rotatable bonds is 5. The standard InChI is InChI=1S/C15H22FNO4S/c1-5-12(11-22(16,19)20)17(13-9-7-6-8-10-13)14(18)21-15(2,3)4/h6-10,12H,5,11H2,1-4H3. The highest BCUT2D eigenvalue weighted by Crippen LogP contribution is 2.23. The van der Waals surface area contributed by atoms with Crippen molar-refractivity contribution < 1.29 is 21.8 Å². The second-order valence-electron chi connectivity index (χ2n) is 5.95. The van der Waals surface area contributed by atoms with Crippen molar-refractivity contribution in [3.05, 3.63) is 30.3 Å². The fourth-order valence-corrected chi connectivity index (χ4v) is 2.81. The second kappa shape index (κ2) is 7.09. The van der Waals surface area contributed by atoms with Crippen LogP contribution >= 0.6 is 0 Å². The molecular formula is C15H22FNO4S. The summed E-state index contributed by atoms with van der Waals surface area (Å²) in [6.45, 7) is 6.82. The van der Waals surface area contributed by atoms with Crippen LogP contribution < -0.4 is 4.90 Å². The van der Waals surface area contributed by atoms with Gasteiger partial charge in [0.1, 0.15) is 11.4 Å². The number of benzene rings is 1. The lowest BCUT2D eigenvalue weighted by atomic mass is 10.2. The summed E-state index contributed by atoms with van der Waals surface area (Å²) in [5.41, 5.74) is -0.274. The van der Waals surface area contributed by atoms with E-state index >= 15 is 0 Å². The van der Waals surface area contributed by atoms with Crippen LogP contribution in [-0.4, -0.2) is 31.9 Å². The van der Waals surface area contributed by atoms with Crippen LogP contribution in [0.1, 0.15) is 34.1 Å². The molecule has 1 amide bonds. The molecule has 1 atom stereocenters. The molecule has 1 aromatic rings. The molecule has 7 heteroatoms. The fourth-order valence-electron chi connectivity index (χ4n) is 1.97. The lowest BCUT2D eigenvalue weighted by molar-refractivity contribution is 0.0567. The third-order valence-corrected chi connectivity index (χ3v) is 3.64. The maximum Gasteiger partial charge on any atom is 0.415 e. The molecule has 0 aliphatic rings. The number of nitrogens with zero attached hydrogens (tertiary/aromatic N) is 1. The van der Waals surface area contributed by atoms with Crippen LogP contribution in [0.15, 0.2) is 30.3 Å². The van der Waals surface area contributed by atoms with Gasteiger partial charge in [0.15, 0.2) is 0 Å². The van der Waals surface area contributed by atoms with Gasteiger partial charge >= 0.3 is 16.3 Å². The fraction of sp³-hybridized carbons (Fsp3) is 0.533. The van der Waals surface area contributed by atoms with E-state index < -0.39 is 33.7 Å². The molecule has 0 bridgehead atoms. The molecule has 5 nitrogen and oxygen atoms in total. The van der Waals surface area contributed by atoms with Crippen LogP contribution in [0.2, 0.25) is 0 Å². The number of amides is 1. The van der Waals surface area contributed by atoms with Crippen LogP contribution in [0.3, 0.4) is 0 Å². The van der Waals surface area contributed by atoms with Gasteiger partial charge < -0.3 is 4.74 Å². The van der Waals surface area contributed by atoms with E-state index in [1.165, 1.54) is 4.90 Å². The van der Waals surface area contributed by atoms with Crippen molar-refractivity contribution in [2.75, 3.05) is 10.7 Å². The Balaban J connectivity index is 3.18. The van der Waals surface area contributed by atoms with Gasteiger partial charge in [0, 0.05) is 5.69 Å². The average Bonchev–Trinajstić information content (AvgIpc) is 2.35. The van der Waals surface area contributed by atoms with Crippen molar-refractivity contribution in [1.82, 2.24) is 0 Å². The molecule has 1 unspecified atom stereocenters. The minimum atomic E-state index is -4.72. The predicted molar refractivity (Wildman–Crippen MR) is 84.1 cm³/mol. The minimum absolute atomic E-state index is 0.275. The Hall–Kier alpha value is -1.63. The van der Waals surface area contributed by atoms with Crippen molar-refractivity contribution >= 4 is 22.0 Å². The summed E-state index contributed by atoms with van der Waals surface area (Å²) < 4.78 is 40.4. The Labute approximate surface area is 131 Å². The van der Waals surface area contributed by atoms with Crippen LogP contribution in [0.5, 0.6) is 0 Å². The van der Waals surface area contributed by atoms with Gasteiger partial charge in [0.05, 0.1) is 6.04 Å². The molecule has 22 heavy (non-hydrogen) atoms. The van der Waals surface area contributed by atoms with E-state index in [0.29, 0.717) is 5.69 Å². The first kappa shape index (κ1) is 18.4. The second-order valence-corrected chi connectivity index (χ2v) is 7.36. The number of halogens is 1. The van der Waals surface area contributed by atoms with Crippen molar-refractivity contribution in [1.29, 1.82) is 0 Å². The smallest absolute Gasteiger partial charge is 0.415 e. The molecule has 0 saturated carbocycles. The van der Waals surface area contributed by atoms with E-state index in [1.54, 1.807) is 58.0 Å². The number of para-hydroxylation sites is 1. The molecule has 0 heterocycles. The summed E-state index contributed by atoms with van der Waals surface area (Å²) in [6.07, 6.45) is -0.425. The minimum Gasteiger partial charge on any atom is -0.443 e. The number of anilines is 1. The Morgan fingerprint density at radius 2 is 1.82 bits per heavy atom. The number of carbonyl (C=O) groups is 1. The Bertz CT molecular complexity index is 596. The lowest BCUT2D eigenvalue weighted by Gasteiger charge is -2.32. The molecular weight excluding hydrogens is 309 g/mol. The monoisotopic (exact) mass is 331 g/mol. The van der Waals surface area contributed by atoms with Crippen LogP contribution in [0.25, 0.3) is 0 Å². The van der Waals surface area contributed by atoms with E-state index in [9.17, 15) is 17.1 Å². The first-order chi connectivity index (χ1) is 10.0. The number of hydrogen-bond donors (Lipinski definition) is 0. The van der Waals surface area contributed by atoms with Gasteiger partial charge in [-0.2, -0.15) is 8.42 Å². The third-order valence-electron chi connectivity index (χ3n) is 2.85. The summed E-state index contributed by atoms with van der Waals surface area (Å²) >= 11 is 0. The maximum atomic E-state index is 13.1. The van der Waals surface area contributed by atoms with E-state index in [2.05, 4.69) is 0 Å². The largest absolute Gasteiger partial charge is 0.443 e. The van der Waals surface area contributed by atoms with Gasteiger partial charge in [0.2, 0.25) is 0 Å². The zero-order valence-corrected chi connectivity index (χ0v) is 14.1. The zero-order chi connectivity index (χ0) is 17.0. The highest BCUT2D eigenvalue weighted by Gasteiger charge is 2.31. The molecule has 0 fully saturated rings. The van der Waals surface area contributed by atoms with E-state index in [-0.39, 0.29) is 6.42 Å². The van der Waals surface area contributed by atoms with E-state index in [1.807, 2.05) is 0 Å². The summed E-state index contributed by atoms with van der Waals surface area (Å²) in [7, 11) is -4.72. The number of carbonyl (C=O) groups excluding carboxylic acids is 1. The van der Waals surface area contributed by atoms with Gasteiger partial charge in [-0.05, 0) is 39.3 Å². The molecule has 0 radical (unpaired) electrons. The molecule has 0 N–H and O–H groups in total. The number of ether oxygens (including phenoxy) is 1. The Morgan fingerprint density at radius 3 is 2.23 bits per heavy atom. The average molecular weight is 331 g/mol. The number of hydrogen-bond acceptors (Lipinski definition) is 4. The highest BCUT2D eigenvalue weighted by atomic mass is 32.3. The molecule has 0 aliphatic carbocycles. The summed E-state index contributed by atoms with van der Waals surface area (Å²) in [6, 6.07) is 7.65. The van der Waals surface area contributed by atoms with Crippen molar-refractivity contribution in [2.24, 2.45) is 0 Å². The molecule has 0 saturated heterocycles. The van der Waals surface area contributed by atoms with Crippen molar-refractivity contribution in [2.45, 2.75) is 45.8 Å². The zero-order valence-electron chi connectivity index (χ0n) is 13.2. The van der Waals surface area contributed by atoms with Gasteiger partial charge in [-0.15, -0.1) is 3.89 Å². The topological polar surface area (TPSA) is 63.7 Å². The lowest BCUT2D eigenvalue weighted by Crippen LogP contribution is -2.46. The highest BCUT2D eigenvalue weighted by molar-refractivity contribution is 7.86. The molecule has 0 spiro atoms. The van der Waals surface area contributed by atoms with E-state index in [4.69, 9.17) is 4.74 Å². The summed E-state index contributed by atoms with van der Waals surface area (Å²) in [5.74, 6) is -0.766. The normalized spacial score (nSPS) is 13.5. The van der Waals surface area contributed by atoms with Gasteiger partial charge in [-0.3, -0.25) is 4.90 Å². The molecule has 0 aromatic heterocycles. The molecule has 124 valence electrons. The van der Waals surface area contributed by atoms with E-state index in [0.717, 1.165) is 0 Å². The molecule has 1 aromatic carbocycles. The Morgan fingerprint density at radius 1 is 1.27 bits per heavy atom. The maximum absolute atomic E-state index is 13.1. The van der Waals surface area contributed by atoms with Crippen LogP contribution in [0, 0.1) is 0 Å². The van der Waals surface area contributed by atoms with Gasteiger partial charge in [-0.1, -0.05) is 25.1 Å². The molecule has 1 rings (SSSR count). The van der Waals surface area contributed by atoms with Crippen molar-refractivity contribution in [3.63, 3.8) is 0 Å². The third kappa shape index (κ3) is 6.01.